The second-order valence-corrected chi connectivity index (χ2v) is 1.12. The first-order chi connectivity index (χ1) is 2.41. The monoisotopic (exact) mass is 88.0 g/mol. The fourth-order valence-electron chi connectivity index (χ4n) is 0.0340. The molecule has 0 aromatic heterocycles. The summed E-state index contributed by atoms with van der Waals surface area (Å²) in [5.74, 6) is 0. The zero-order valence-corrected chi connectivity index (χ0v) is 3.38. The Hall–Kier alpha value is -0.310. The van der Waals surface area contributed by atoms with Crippen molar-refractivity contribution >= 4 is 22.9 Å². The van der Waals surface area contributed by atoms with Gasteiger partial charge in [0.15, 0.2) is 0 Å². The van der Waals surface area contributed by atoms with Crippen LogP contribution >= 0.6 is 11.8 Å². The molecule has 0 saturated carbocycles. The smallest absolute Gasteiger partial charge is 0.0563 e. The van der Waals surface area contributed by atoms with Gasteiger partial charge in [-0.3, -0.25) is 0 Å². The summed E-state index contributed by atoms with van der Waals surface area (Å²) in [5.41, 5.74) is 2.21. The van der Waals surface area contributed by atoms with Crippen LogP contribution in [0.4, 0.5) is 0 Å². The summed E-state index contributed by atoms with van der Waals surface area (Å²) in [6.07, 6.45) is 0. The highest BCUT2D eigenvalue weighted by molar-refractivity contribution is 8.23. The molecular weight excluding hydrogens is 84.1 g/mol. The van der Waals surface area contributed by atoms with E-state index in [4.69, 9.17) is 10.8 Å². The van der Waals surface area contributed by atoms with Gasteiger partial charge in [-0.25, -0.2) is 0 Å². The summed E-state index contributed by atoms with van der Waals surface area (Å²) in [6.45, 7) is 0. The minimum atomic E-state index is 1.05. The average Bonchev–Trinajstić information content (AvgIpc) is 1.41. The molecule has 0 spiro atoms. The Labute approximate surface area is 34.6 Å². The lowest BCUT2D eigenvalue weighted by Gasteiger charge is -1.62. The van der Waals surface area contributed by atoms with Crippen molar-refractivity contribution in [3.8, 4) is 0 Å². The zero-order valence-electron chi connectivity index (χ0n) is 2.56. The molecule has 0 rings (SSSR count). The van der Waals surface area contributed by atoms with E-state index in [1.165, 1.54) is 0 Å². The summed E-state index contributed by atoms with van der Waals surface area (Å²) in [4.78, 5) is 0. The van der Waals surface area contributed by atoms with Crippen molar-refractivity contribution in [3.05, 3.63) is 0 Å². The minimum absolute atomic E-state index is 1.05. The van der Waals surface area contributed by atoms with Gasteiger partial charge in [0.1, 0.15) is 0 Å². The molecule has 3 heteroatoms. The predicted octanol–water partition coefficient (Wildman–Crippen LogP) is 0.934. The highest BCUT2D eigenvalue weighted by Gasteiger charge is 1.56. The van der Waals surface area contributed by atoms with Gasteiger partial charge in [-0.2, -0.15) is 0 Å². The van der Waals surface area contributed by atoms with Gasteiger partial charge in [0.25, 0.3) is 0 Å². The van der Waals surface area contributed by atoms with Crippen LogP contribution < -0.4 is 0 Å². The molecule has 0 saturated heterocycles. The van der Waals surface area contributed by atoms with E-state index in [-0.39, 0.29) is 0 Å². The van der Waals surface area contributed by atoms with Crippen LogP contribution in [-0.2, 0) is 0 Å². The first kappa shape index (κ1) is 4.69. The van der Waals surface area contributed by atoms with E-state index in [9.17, 15) is 0 Å². The fourth-order valence-corrected chi connectivity index (χ4v) is 0.102. The van der Waals surface area contributed by atoms with Crippen LogP contribution in [0, 0.1) is 10.8 Å². The van der Waals surface area contributed by atoms with Crippen molar-refractivity contribution in [2.75, 3.05) is 0 Å². The maximum atomic E-state index is 6.29. The topological polar surface area (TPSA) is 47.7 Å². The molecule has 0 aromatic carbocycles. The van der Waals surface area contributed by atoms with Gasteiger partial charge < -0.3 is 10.8 Å². The molecule has 0 atom stereocenters. The van der Waals surface area contributed by atoms with Crippen molar-refractivity contribution in [3.63, 3.8) is 0 Å². The van der Waals surface area contributed by atoms with Crippen LogP contribution in [0.3, 0.4) is 0 Å². The van der Waals surface area contributed by atoms with Gasteiger partial charge in [-0.1, -0.05) is 11.8 Å². The normalized spacial score (nSPS) is 6.40. The maximum absolute atomic E-state index is 6.29. The molecule has 0 aliphatic carbocycles. The molecule has 2 nitrogen and oxygen atoms in total. The van der Waals surface area contributed by atoms with Gasteiger partial charge in [-0.15, -0.1) is 0 Å². The summed E-state index contributed by atoms with van der Waals surface area (Å²) >= 11 is 1.05. The second kappa shape index (κ2) is 3.69. The Kier molecular flexibility index (Phi) is 3.46. The summed E-state index contributed by atoms with van der Waals surface area (Å²) < 4.78 is 0. The quantitative estimate of drug-likeness (QED) is 0.383. The molecular formula is C2H4N2S. The summed E-state index contributed by atoms with van der Waals surface area (Å²) in [7, 11) is 0. The maximum Gasteiger partial charge on any atom is 0.0563 e. The minimum Gasteiger partial charge on any atom is -0.302 e. The van der Waals surface area contributed by atoms with Crippen molar-refractivity contribution < 1.29 is 0 Å². The Balaban J connectivity index is 2.65. The third kappa shape index (κ3) is 3.69. The highest BCUT2D eigenvalue weighted by atomic mass is 32.2. The third-order valence-corrected chi connectivity index (χ3v) is 0.408. The molecule has 0 amide bonds. The second-order valence-electron chi connectivity index (χ2n) is 0.372. The molecule has 0 unspecified atom stereocenters. The number of hydrogen-bond acceptors (Lipinski definition) is 3. The van der Waals surface area contributed by atoms with E-state index >= 15 is 0 Å². The van der Waals surface area contributed by atoms with Gasteiger partial charge in [0.2, 0.25) is 0 Å². The molecule has 0 aromatic rings. The largest absolute Gasteiger partial charge is 0.302 e. The summed E-state index contributed by atoms with van der Waals surface area (Å²) in [6, 6.07) is 0. The molecule has 5 heavy (non-hydrogen) atoms. The van der Waals surface area contributed by atoms with E-state index < -0.39 is 0 Å². The number of nitrogens with one attached hydrogen (secondary N) is 2. The van der Waals surface area contributed by atoms with Crippen LogP contribution in [0.25, 0.3) is 0 Å². The highest BCUT2D eigenvalue weighted by Crippen LogP contribution is 1.78. The molecule has 0 bridgehead atoms. The Morgan fingerprint density at radius 3 is 1.60 bits per heavy atom. The van der Waals surface area contributed by atoms with Gasteiger partial charge in [0.05, 0.1) is 11.1 Å². The van der Waals surface area contributed by atoms with Crippen LogP contribution in [0.1, 0.15) is 0 Å². The van der Waals surface area contributed by atoms with Crippen LogP contribution in [0.15, 0.2) is 0 Å². The van der Waals surface area contributed by atoms with Gasteiger partial charge in [-0.05, 0) is 0 Å². The van der Waals surface area contributed by atoms with Crippen LogP contribution in [-0.4, -0.2) is 11.1 Å². The molecule has 0 heterocycles. The van der Waals surface area contributed by atoms with E-state index in [1.54, 1.807) is 0 Å². The molecule has 0 aliphatic rings. The average molecular weight is 88.1 g/mol. The van der Waals surface area contributed by atoms with Crippen molar-refractivity contribution in [2.45, 2.75) is 0 Å². The summed E-state index contributed by atoms with van der Waals surface area (Å²) in [5, 5.41) is 12.6. The van der Waals surface area contributed by atoms with E-state index in [2.05, 4.69) is 0 Å². The van der Waals surface area contributed by atoms with Crippen molar-refractivity contribution in [1.29, 1.82) is 10.8 Å². The first-order valence-corrected chi connectivity index (χ1v) is 1.99. The fraction of sp³-hybridized carbons (Fsp3) is 0. The van der Waals surface area contributed by atoms with E-state index in [0.717, 1.165) is 22.9 Å². The number of hydrogen-bond donors (Lipinski definition) is 2. The van der Waals surface area contributed by atoms with Crippen LogP contribution in [0.2, 0.25) is 0 Å². The van der Waals surface area contributed by atoms with E-state index in [1.807, 2.05) is 0 Å². The Bertz CT molecular complexity index is 36.9. The predicted molar refractivity (Wildman–Crippen MR) is 25.2 cm³/mol. The molecule has 0 aliphatic heterocycles. The molecule has 0 fully saturated rings. The van der Waals surface area contributed by atoms with Crippen molar-refractivity contribution in [1.82, 2.24) is 0 Å². The lowest BCUT2D eigenvalue weighted by molar-refractivity contribution is 1.60. The number of rotatable bonds is 2. The lowest BCUT2D eigenvalue weighted by atomic mass is 11.7. The molecule has 28 valence electrons. The standard InChI is InChI=1S/C2H4N2S/c3-1-5-2-4/h1-4H. The first-order valence-electron chi connectivity index (χ1n) is 1.05. The van der Waals surface area contributed by atoms with Crippen LogP contribution in [0.5, 0.6) is 0 Å². The SMILES string of the molecule is N=CSC=N. The van der Waals surface area contributed by atoms with Gasteiger partial charge >= 0.3 is 0 Å². The Morgan fingerprint density at radius 2 is 1.60 bits per heavy atom. The zero-order chi connectivity index (χ0) is 4.12. The van der Waals surface area contributed by atoms with E-state index in [0.29, 0.717) is 0 Å². The third-order valence-electron chi connectivity index (χ3n) is 0.136. The van der Waals surface area contributed by atoms with Crippen molar-refractivity contribution in [2.24, 2.45) is 0 Å². The molecule has 2 N–H and O–H groups in total. The number of thioether (sulfide) groups is 1. The van der Waals surface area contributed by atoms with Gasteiger partial charge in [0, 0.05) is 0 Å². The lowest BCUT2D eigenvalue weighted by Crippen LogP contribution is -1.51. The molecule has 0 radical (unpaired) electrons. The Morgan fingerprint density at radius 1 is 1.20 bits per heavy atom.